The minimum Gasteiger partial charge on any atom is -0.493 e. The lowest BCUT2D eigenvalue weighted by molar-refractivity contribution is -0.121. The van der Waals surface area contributed by atoms with Gasteiger partial charge in [-0.2, -0.15) is 0 Å². The fourth-order valence-electron chi connectivity index (χ4n) is 2.43. The molecule has 0 radical (unpaired) electrons. The number of hydrogen-bond donors (Lipinski definition) is 0. The molecular formula is C20H18ClNO3S3. The number of thiocarbonyl (C=S) groups is 1. The van der Waals surface area contributed by atoms with Crippen molar-refractivity contribution >= 4 is 63.6 Å². The van der Waals surface area contributed by atoms with Crippen molar-refractivity contribution in [3.63, 3.8) is 0 Å². The quantitative estimate of drug-likeness (QED) is 0.244. The monoisotopic (exact) mass is 451 g/mol. The largest absolute Gasteiger partial charge is 0.493 e. The molecule has 1 amide bonds. The summed E-state index contributed by atoms with van der Waals surface area (Å²) < 4.78 is 11.9. The smallest absolute Gasteiger partial charge is 0.265 e. The van der Waals surface area contributed by atoms with Crippen molar-refractivity contribution in [2.24, 2.45) is 0 Å². The van der Waals surface area contributed by atoms with Crippen LogP contribution in [0.4, 0.5) is 0 Å². The highest BCUT2D eigenvalue weighted by atomic mass is 35.5. The molecule has 0 saturated carbocycles. The molecule has 0 N–H and O–H groups in total. The molecule has 1 saturated heterocycles. The number of carbonyl (C=O) groups excluding carboxylic acids is 1. The van der Waals surface area contributed by atoms with Crippen molar-refractivity contribution in [1.82, 2.24) is 4.90 Å². The lowest BCUT2D eigenvalue weighted by atomic mass is 10.2. The maximum absolute atomic E-state index is 12.1. The second-order valence-electron chi connectivity index (χ2n) is 5.80. The lowest BCUT2D eigenvalue weighted by Gasteiger charge is -2.11. The van der Waals surface area contributed by atoms with Crippen molar-refractivity contribution in [1.29, 1.82) is 0 Å². The van der Waals surface area contributed by atoms with Gasteiger partial charge in [0, 0.05) is 22.7 Å². The van der Waals surface area contributed by atoms with Crippen LogP contribution in [0.5, 0.6) is 11.5 Å². The van der Waals surface area contributed by atoms with Gasteiger partial charge in [0.05, 0.1) is 18.6 Å². The van der Waals surface area contributed by atoms with Gasteiger partial charge in [0.25, 0.3) is 5.91 Å². The zero-order chi connectivity index (χ0) is 20.1. The van der Waals surface area contributed by atoms with Crippen molar-refractivity contribution in [3.05, 3.63) is 58.0 Å². The number of nitrogens with zero attached hydrogens (tertiary/aromatic N) is 1. The maximum Gasteiger partial charge on any atom is 0.265 e. The van der Waals surface area contributed by atoms with Crippen LogP contribution in [0.25, 0.3) is 6.08 Å². The molecule has 0 aromatic heterocycles. The zero-order valence-corrected chi connectivity index (χ0v) is 18.5. The number of hydrogen-bond acceptors (Lipinski definition) is 6. The Morgan fingerprint density at radius 2 is 1.96 bits per heavy atom. The van der Waals surface area contributed by atoms with Crippen LogP contribution >= 0.6 is 47.3 Å². The summed E-state index contributed by atoms with van der Waals surface area (Å²) in [5.41, 5.74) is 0.855. The third-order valence-electron chi connectivity index (χ3n) is 3.90. The van der Waals surface area contributed by atoms with Crippen LogP contribution in [0.1, 0.15) is 5.56 Å². The molecule has 0 atom stereocenters. The van der Waals surface area contributed by atoms with E-state index in [0.29, 0.717) is 27.3 Å². The van der Waals surface area contributed by atoms with Crippen LogP contribution in [0.3, 0.4) is 0 Å². The minimum absolute atomic E-state index is 0.0893. The molecule has 1 aliphatic rings. The predicted octanol–water partition coefficient (Wildman–Crippen LogP) is 5.35. The molecule has 146 valence electrons. The summed E-state index contributed by atoms with van der Waals surface area (Å²) in [6, 6.07) is 13.3. The van der Waals surface area contributed by atoms with Gasteiger partial charge in [-0.15, -0.1) is 11.8 Å². The maximum atomic E-state index is 12.1. The summed E-state index contributed by atoms with van der Waals surface area (Å²) in [6.45, 7) is 0.539. The number of likely N-dealkylation sites (N-methyl/N-ethyl adjacent to an activating group) is 1. The second kappa shape index (κ2) is 9.69. The third-order valence-corrected chi connectivity index (χ3v) is 6.61. The number of thioether (sulfide) groups is 2. The van der Waals surface area contributed by atoms with Gasteiger partial charge in [0.15, 0.2) is 11.5 Å². The summed E-state index contributed by atoms with van der Waals surface area (Å²) in [7, 11) is 3.28. The van der Waals surface area contributed by atoms with Crippen LogP contribution in [0, 0.1) is 0 Å². The summed E-state index contributed by atoms with van der Waals surface area (Å²) in [4.78, 5) is 15.3. The number of methoxy groups -OCH3 is 1. The van der Waals surface area contributed by atoms with E-state index in [-0.39, 0.29) is 5.91 Å². The SMILES string of the molecule is COc1cc(C=C2SC(=S)N(C)C2=O)ccc1OCCSc1ccc(Cl)cc1. The van der Waals surface area contributed by atoms with Crippen LogP contribution < -0.4 is 9.47 Å². The molecule has 1 aliphatic heterocycles. The van der Waals surface area contributed by atoms with Crippen LogP contribution in [-0.2, 0) is 4.79 Å². The minimum atomic E-state index is -0.0893. The lowest BCUT2D eigenvalue weighted by Crippen LogP contribution is -2.22. The summed E-state index contributed by atoms with van der Waals surface area (Å²) in [6.07, 6.45) is 1.81. The van der Waals surface area contributed by atoms with Gasteiger partial charge in [-0.05, 0) is 48.0 Å². The highest BCUT2D eigenvalue weighted by Gasteiger charge is 2.28. The van der Waals surface area contributed by atoms with Crippen molar-refractivity contribution in [2.45, 2.75) is 4.90 Å². The molecule has 4 nitrogen and oxygen atoms in total. The topological polar surface area (TPSA) is 38.8 Å². The Labute approximate surface area is 183 Å². The van der Waals surface area contributed by atoms with E-state index in [0.717, 1.165) is 21.2 Å². The first-order chi connectivity index (χ1) is 13.5. The number of rotatable bonds is 7. The Morgan fingerprint density at radius 3 is 2.61 bits per heavy atom. The first kappa shape index (κ1) is 21.0. The van der Waals surface area contributed by atoms with Crippen LogP contribution in [0.2, 0.25) is 5.02 Å². The Hall–Kier alpha value is -1.67. The van der Waals surface area contributed by atoms with E-state index in [2.05, 4.69) is 0 Å². The number of carbonyl (C=O) groups is 1. The molecule has 28 heavy (non-hydrogen) atoms. The average Bonchev–Trinajstić information content (AvgIpc) is 2.94. The van der Waals surface area contributed by atoms with Gasteiger partial charge < -0.3 is 9.47 Å². The van der Waals surface area contributed by atoms with Gasteiger partial charge in [0.2, 0.25) is 0 Å². The molecule has 1 fully saturated rings. The molecule has 2 aromatic carbocycles. The third kappa shape index (κ3) is 5.23. The Morgan fingerprint density at radius 1 is 1.21 bits per heavy atom. The van der Waals surface area contributed by atoms with E-state index in [9.17, 15) is 4.79 Å². The van der Waals surface area contributed by atoms with Gasteiger partial charge in [0.1, 0.15) is 4.32 Å². The van der Waals surface area contributed by atoms with E-state index in [4.69, 9.17) is 33.3 Å². The molecular weight excluding hydrogens is 434 g/mol. The molecule has 0 unspecified atom stereocenters. The fraction of sp³-hybridized carbons (Fsp3) is 0.200. The van der Waals surface area contributed by atoms with E-state index < -0.39 is 0 Å². The summed E-state index contributed by atoms with van der Waals surface area (Å²) >= 11 is 14.0. The van der Waals surface area contributed by atoms with Crippen molar-refractivity contribution in [2.75, 3.05) is 26.5 Å². The van der Waals surface area contributed by atoms with Crippen LogP contribution in [0.15, 0.2) is 52.3 Å². The predicted molar refractivity (Wildman–Crippen MR) is 122 cm³/mol. The van der Waals surface area contributed by atoms with Gasteiger partial charge in [-0.25, -0.2) is 0 Å². The van der Waals surface area contributed by atoms with Gasteiger partial charge >= 0.3 is 0 Å². The number of amides is 1. The van der Waals surface area contributed by atoms with Crippen molar-refractivity contribution < 1.29 is 14.3 Å². The molecule has 1 heterocycles. The van der Waals surface area contributed by atoms with Crippen LogP contribution in [-0.4, -0.2) is 41.6 Å². The molecule has 3 rings (SSSR count). The fourth-order valence-corrected chi connectivity index (χ4v) is 4.47. The number of ether oxygens (including phenoxy) is 2. The number of benzene rings is 2. The van der Waals surface area contributed by atoms with Gasteiger partial charge in [-0.3, -0.25) is 9.69 Å². The second-order valence-corrected chi connectivity index (χ2v) is 9.08. The molecule has 8 heteroatoms. The van der Waals surface area contributed by atoms with E-state index in [1.165, 1.54) is 16.7 Å². The normalized spacial score (nSPS) is 15.4. The molecule has 0 spiro atoms. The Balaban J connectivity index is 1.61. The van der Waals surface area contributed by atoms with Gasteiger partial charge in [-0.1, -0.05) is 41.6 Å². The first-order valence-corrected chi connectivity index (χ1v) is 11.0. The zero-order valence-electron chi connectivity index (χ0n) is 15.3. The van der Waals surface area contributed by atoms with E-state index in [1.807, 2.05) is 48.5 Å². The Bertz CT molecular complexity index is 915. The first-order valence-electron chi connectivity index (χ1n) is 8.38. The average molecular weight is 452 g/mol. The summed E-state index contributed by atoms with van der Waals surface area (Å²) in [5.74, 6) is 2.00. The standard InChI is InChI=1S/C20H18ClNO3S3/c1-22-19(23)18(28-20(22)26)12-13-3-8-16(17(11-13)24-2)25-9-10-27-15-6-4-14(21)5-7-15/h3-8,11-12H,9-10H2,1-2H3. The van der Waals surface area contributed by atoms with Crippen molar-refractivity contribution in [3.8, 4) is 11.5 Å². The molecule has 0 bridgehead atoms. The molecule has 0 aliphatic carbocycles. The molecule has 2 aromatic rings. The highest BCUT2D eigenvalue weighted by molar-refractivity contribution is 8.26. The number of halogens is 1. The Kier molecular flexibility index (Phi) is 7.29. The summed E-state index contributed by atoms with van der Waals surface area (Å²) in [5, 5.41) is 0.728. The van der Waals surface area contributed by atoms with E-state index in [1.54, 1.807) is 25.9 Å². The van der Waals surface area contributed by atoms with E-state index >= 15 is 0 Å². The highest BCUT2D eigenvalue weighted by Crippen LogP contribution is 2.34.